The zero-order valence-corrected chi connectivity index (χ0v) is 9.24. The van der Waals surface area contributed by atoms with E-state index >= 15 is 0 Å². The van der Waals surface area contributed by atoms with Gasteiger partial charge < -0.3 is 14.8 Å². The standard InChI is InChI=1S/C11H11NO3S/c13-8(10-4-2-6-16-10)7-12-11(14)9-3-1-5-15-9/h1-6,8,13H,7H2,(H,12,14)/t8-/m0/s1. The number of furan rings is 1. The van der Waals surface area contributed by atoms with Crippen molar-refractivity contribution in [2.45, 2.75) is 6.10 Å². The molecule has 2 rings (SSSR count). The first-order valence-electron chi connectivity index (χ1n) is 4.80. The Labute approximate surface area is 96.5 Å². The molecule has 1 amide bonds. The highest BCUT2D eigenvalue weighted by molar-refractivity contribution is 7.10. The summed E-state index contributed by atoms with van der Waals surface area (Å²) in [5.41, 5.74) is 0. The predicted molar refractivity (Wildman–Crippen MR) is 60.3 cm³/mol. The van der Waals surface area contributed by atoms with Crippen LogP contribution in [-0.4, -0.2) is 17.6 Å². The Kier molecular flexibility index (Phi) is 3.38. The number of rotatable bonds is 4. The van der Waals surface area contributed by atoms with E-state index in [0.29, 0.717) is 0 Å². The van der Waals surface area contributed by atoms with Crippen molar-refractivity contribution >= 4 is 17.2 Å². The van der Waals surface area contributed by atoms with Gasteiger partial charge in [0.05, 0.1) is 6.26 Å². The van der Waals surface area contributed by atoms with E-state index in [0.717, 1.165) is 4.88 Å². The summed E-state index contributed by atoms with van der Waals surface area (Å²) in [5, 5.41) is 14.2. The van der Waals surface area contributed by atoms with Gasteiger partial charge >= 0.3 is 0 Å². The number of aliphatic hydroxyl groups is 1. The third kappa shape index (κ3) is 2.50. The van der Waals surface area contributed by atoms with E-state index in [-0.39, 0.29) is 18.2 Å². The molecule has 2 aromatic rings. The molecule has 16 heavy (non-hydrogen) atoms. The maximum Gasteiger partial charge on any atom is 0.287 e. The molecule has 0 unspecified atom stereocenters. The number of carbonyl (C=O) groups excluding carboxylic acids is 1. The van der Waals surface area contributed by atoms with Gasteiger partial charge in [-0.15, -0.1) is 11.3 Å². The van der Waals surface area contributed by atoms with Crippen molar-refractivity contribution in [1.29, 1.82) is 0 Å². The molecular weight excluding hydrogens is 226 g/mol. The molecule has 0 saturated carbocycles. The maximum absolute atomic E-state index is 11.5. The lowest BCUT2D eigenvalue weighted by Gasteiger charge is -2.08. The molecule has 0 saturated heterocycles. The molecule has 2 heterocycles. The highest BCUT2D eigenvalue weighted by atomic mass is 32.1. The first kappa shape index (κ1) is 10.9. The van der Waals surface area contributed by atoms with Crippen LogP contribution in [0.2, 0.25) is 0 Å². The van der Waals surface area contributed by atoms with Crippen LogP contribution >= 0.6 is 11.3 Å². The average Bonchev–Trinajstić information content (AvgIpc) is 2.95. The SMILES string of the molecule is O=C(NC[C@H](O)c1cccs1)c1ccco1. The monoisotopic (exact) mass is 237 g/mol. The lowest BCUT2D eigenvalue weighted by atomic mass is 10.3. The fraction of sp³-hybridized carbons (Fsp3) is 0.182. The Morgan fingerprint density at radius 1 is 1.50 bits per heavy atom. The third-order valence-corrected chi connectivity index (χ3v) is 3.05. The smallest absolute Gasteiger partial charge is 0.287 e. The molecule has 0 spiro atoms. The number of carbonyl (C=O) groups is 1. The third-order valence-electron chi connectivity index (χ3n) is 2.07. The van der Waals surface area contributed by atoms with Crippen LogP contribution in [0, 0.1) is 0 Å². The van der Waals surface area contributed by atoms with Crippen molar-refractivity contribution in [2.75, 3.05) is 6.54 Å². The summed E-state index contributed by atoms with van der Waals surface area (Å²) in [6, 6.07) is 6.91. The number of hydrogen-bond donors (Lipinski definition) is 2. The van der Waals surface area contributed by atoms with Gasteiger partial charge in [0, 0.05) is 11.4 Å². The Morgan fingerprint density at radius 2 is 2.38 bits per heavy atom. The van der Waals surface area contributed by atoms with Crippen LogP contribution < -0.4 is 5.32 Å². The van der Waals surface area contributed by atoms with E-state index in [1.807, 2.05) is 17.5 Å². The van der Waals surface area contributed by atoms with E-state index < -0.39 is 6.10 Å². The van der Waals surface area contributed by atoms with Crippen molar-refractivity contribution < 1.29 is 14.3 Å². The van der Waals surface area contributed by atoms with E-state index in [4.69, 9.17) is 4.42 Å². The molecule has 0 bridgehead atoms. The second-order valence-electron chi connectivity index (χ2n) is 3.22. The van der Waals surface area contributed by atoms with Crippen LogP contribution in [0.15, 0.2) is 40.3 Å². The molecule has 2 aromatic heterocycles. The molecule has 0 aromatic carbocycles. The van der Waals surface area contributed by atoms with Gasteiger partial charge in [-0.2, -0.15) is 0 Å². The Morgan fingerprint density at radius 3 is 3.00 bits per heavy atom. The molecule has 84 valence electrons. The zero-order chi connectivity index (χ0) is 11.4. The number of nitrogens with one attached hydrogen (secondary N) is 1. The topological polar surface area (TPSA) is 62.5 Å². The summed E-state index contributed by atoms with van der Waals surface area (Å²) in [5.74, 6) is -0.0704. The minimum Gasteiger partial charge on any atom is -0.459 e. The van der Waals surface area contributed by atoms with Crippen molar-refractivity contribution in [1.82, 2.24) is 5.32 Å². The van der Waals surface area contributed by atoms with Gasteiger partial charge in [-0.1, -0.05) is 6.07 Å². The van der Waals surface area contributed by atoms with Crippen LogP contribution in [0.25, 0.3) is 0 Å². The number of hydrogen-bond acceptors (Lipinski definition) is 4. The Bertz CT molecular complexity index is 436. The second kappa shape index (κ2) is 4.96. The van der Waals surface area contributed by atoms with Crippen LogP contribution in [0.5, 0.6) is 0 Å². The first-order valence-corrected chi connectivity index (χ1v) is 5.68. The van der Waals surface area contributed by atoms with Gasteiger partial charge in [-0.25, -0.2) is 0 Å². The van der Waals surface area contributed by atoms with Gasteiger partial charge in [0.2, 0.25) is 0 Å². The van der Waals surface area contributed by atoms with E-state index in [1.165, 1.54) is 17.6 Å². The van der Waals surface area contributed by atoms with Gasteiger partial charge in [0.25, 0.3) is 5.91 Å². The summed E-state index contributed by atoms with van der Waals surface area (Å²) >= 11 is 1.46. The lowest BCUT2D eigenvalue weighted by molar-refractivity contribution is 0.0890. The van der Waals surface area contributed by atoms with Crippen LogP contribution in [0.4, 0.5) is 0 Å². The van der Waals surface area contributed by atoms with E-state index in [9.17, 15) is 9.90 Å². The molecule has 1 atom stereocenters. The van der Waals surface area contributed by atoms with Gasteiger partial charge in [0.1, 0.15) is 6.10 Å². The molecular formula is C11H11NO3S. The molecule has 2 N–H and O–H groups in total. The van der Waals surface area contributed by atoms with Crippen molar-refractivity contribution in [2.24, 2.45) is 0 Å². The molecule has 0 fully saturated rings. The minimum atomic E-state index is -0.668. The number of amides is 1. The van der Waals surface area contributed by atoms with Gasteiger partial charge in [-0.05, 0) is 23.6 Å². The Hall–Kier alpha value is -1.59. The van der Waals surface area contributed by atoms with Crippen molar-refractivity contribution in [3.63, 3.8) is 0 Å². The highest BCUT2D eigenvalue weighted by Gasteiger charge is 2.12. The highest BCUT2D eigenvalue weighted by Crippen LogP contribution is 2.17. The van der Waals surface area contributed by atoms with Crippen LogP contribution in [0.3, 0.4) is 0 Å². The number of thiophene rings is 1. The molecule has 4 nitrogen and oxygen atoms in total. The lowest BCUT2D eigenvalue weighted by Crippen LogP contribution is -2.27. The zero-order valence-electron chi connectivity index (χ0n) is 8.42. The first-order chi connectivity index (χ1) is 7.77. The summed E-state index contributed by atoms with van der Waals surface area (Å²) in [7, 11) is 0. The summed E-state index contributed by atoms with van der Waals surface area (Å²) in [6.45, 7) is 0.181. The van der Waals surface area contributed by atoms with Gasteiger partial charge in [0.15, 0.2) is 5.76 Å². The Balaban J connectivity index is 1.86. The summed E-state index contributed by atoms with van der Waals surface area (Å²) in [4.78, 5) is 12.3. The maximum atomic E-state index is 11.5. The number of aliphatic hydroxyl groups excluding tert-OH is 1. The average molecular weight is 237 g/mol. The minimum absolute atomic E-state index is 0.181. The van der Waals surface area contributed by atoms with Crippen molar-refractivity contribution in [3.05, 3.63) is 46.5 Å². The fourth-order valence-corrected chi connectivity index (χ4v) is 1.98. The molecule has 0 radical (unpaired) electrons. The van der Waals surface area contributed by atoms with E-state index in [1.54, 1.807) is 12.1 Å². The predicted octanol–water partition coefficient (Wildman–Crippen LogP) is 1.80. The second-order valence-corrected chi connectivity index (χ2v) is 4.20. The molecule has 0 aliphatic carbocycles. The quantitative estimate of drug-likeness (QED) is 0.852. The van der Waals surface area contributed by atoms with Gasteiger partial charge in [-0.3, -0.25) is 4.79 Å². The summed E-state index contributed by atoms with van der Waals surface area (Å²) < 4.78 is 4.93. The fourth-order valence-electron chi connectivity index (χ4n) is 1.27. The van der Waals surface area contributed by atoms with Crippen molar-refractivity contribution in [3.8, 4) is 0 Å². The largest absolute Gasteiger partial charge is 0.459 e. The molecule has 5 heteroatoms. The normalized spacial score (nSPS) is 12.3. The van der Waals surface area contributed by atoms with E-state index in [2.05, 4.69) is 5.32 Å². The molecule has 0 aliphatic rings. The van der Waals surface area contributed by atoms with Crippen LogP contribution in [-0.2, 0) is 0 Å². The van der Waals surface area contributed by atoms with Crippen LogP contribution in [0.1, 0.15) is 21.5 Å². The molecule has 0 aliphatic heterocycles. The summed E-state index contributed by atoms with van der Waals surface area (Å²) in [6.07, 6.45) is 0.767.